The van der Waals surface area contributed by atoms with Crippen molar-refractivity contribution in [3.8, 4) is 5.69 Å². The second-order valence-electron chi connectivity index (χ2n) is 7.93. The van der Waals surface area contributed by atoms with Gasteiger partial charge in [0, 0.05) is 36.0 Å². The van der Waals surface area contributed by atoms with Crippen molar-refractivity contribution in [3.63, 3.8) is 0 Å². The van der Waals surface area contributed by atoms with Crippen LogP contribution in [-0.2, 0) is 0 Å². The SMILES string of the molecule is Cc1cc2c(cn1)c(=O)c(N(C)c1ccccc1)c(Nc1ccccc1)n2-c1ccccc1. The molecule has 0 aliphatic rings. The van der Waals surface area contributed by atoms with Crippen molar-refractivity contribution in [3.05, 3.63) is 119 Å². The van der Waals surface area contributed by atoms with Gasteiger partial charge in [0.15, 0.2) is 0 Å². The average molecular weight is 433 g/mol. The van der Waals surface area contributed by atoms with Crippen LogP contribution in [-0.4, -0.2) is 16.6 Å². The molecule has 0 saturated heterocycles. The molecule has 1 N–H and O–H groups in total. The summed E-state index contributed by atoms with van der Waals surface area (Å²) in [5, 5.41) is 4.11. The van der Waals surface area contributed by atoms with E-state index < -0.39 is 0 Å². The van der Waals surface area contributed by atoms with Crippen molar-refractivity contribution < 1.29 is 0 Å². The van der Waals surface area contributed by atoms with Gasteiger partial charge in [0.05, 0.1) is 10.9 Å². The molecule has 5 heteroatoms. The molecule has 0 radical (unpaired) electrons. The Balaban J connectivity index is 1.90. The summed E-state index contributed by atoms with van der Waals surface area (Å²) in [4.78, 5) is 20.3. The number of anilines is 4. The maximum atomic E-state index is 13.9. The van der Waals surface area contributed by atoms with Gasteiger partial charge in [-0.2, -0.15) is 0 Å². The number of nitrogens with one attached hydrogen (secondary N) is 1. The summed E-state index contributed by atoms with van der Waals surface area (Å²) in [6, 6.07) is 31.9. The molecule has 0 unspecified atom stereocenters. The van der Waals surface area contributed by atoms with E-state index in [0.717, 1.165) is 28.3 Å². The maximum absolute atomic E-state index is 13.9. The summed E-state index contributed by atoms with van der Waals surface area (Å²) in [7, 11) is 1.92. The van der Waals surface area contributed by atoms with Crippen molar-refractivity contribution >= 4 is 33.8 Å². The van der Waals surface area contributed by atoms with Gasteiger partial charge in [0.1, 0.15) is 11.5 Å². The molecule has 3 aromatic carbocycles. The number of pyridine rings is 2. The Morgan fingerprint density at radius 2 is 1.45 bits per heavy atom. The first-order valence-corrected chi connectivity index (χ1v) is 10.8. The summed E-state index contributed by atoms with van der Waals surface area (Å²) >= 11 is 0. The maximum Gasteiger partial charge on any atom is 0.216 e. The summed E-state index contributed by atoms with van der Waals surface area (Å²) < 4.78 is 2.10. The van der Waals surface area contributed by atoms with Crippen LogP contribution in [0.4, 0.5) is 22.9 Å². The number of aromatic nitrogens is 2. The lowest BCUT2D eigenvalue weighted by Crippen LogP contribution is -2.24. The molecule has 2 aromatic heterocycles. The van der Waals surface area contributed by atoms with E-state index in [1.807, 2.05) is 116 Å². The monoisotopic (exact) mass is 432 g/mol. The van der Waals surface area contributed by atoms with Gasteiger partial charge in [0.25, 0.3) is 0 Å². The first-order chi connectivity index (χ1) is 16.1. The van der Waals surface area contributed by atoms with E-state index >= 15 is 0 Å². The fourth-order valence-corrected chi connectivity index (χ4v) is 4.08. The number of aryl methyl sites for hydroxylation is 1. The van der Waals surface area contributed by atoms with Crippen LogP contribution in [0.2, 0.25) is 0 Å². The largest absolute Gasteiger partial charge is 0.339 e. The molecule has 0 aliphatic heterocycles. The Bertz CT molecular complexity index is 1460. The van der Waals surface area contributed by atoms with Crippen molar-refractivity contribution in [2.24, 2.45) is 0 Å². The minimum Gasteiger partial charge on any atom is -0.339 e. The standard InChI is InChI=1S/C28H24N4O/c1-20-18-25-24(19-29-20)27(33)26(31(2)22-14-8-4-9-15-22)28(30-21-12-6-3-7-13-21)32(25)23-16-10-5-11-17-23/h3-19,30H,1-2H3. The van der Waals surface area contributed by atoms with Crippen molar-refractivity contribution in [1.82, 2.24) is 9.55 Å². The van der Waals surface area contributed by atoms with E-state index in [1.165, 1.54) is 0 Å². The molecule has 0 saturated carbocycles. The molecule has 5 rings (SSSR count). The van der Waals surface area contributed by atoms with E-state index in [0.29, 0.717) is 16.9 Å². The second-order valence-corrected chi connectivity index (χ2v) is 7.93. The molecule has 5 aromatic rings. The van der Waals surface area contributed by atoms with Gasteiger partial charge in [-0.25, -0.2) is 0 Å². The van der Waals surface area contributed by atoms with Gasteiger partial charge in [-0.15, -0.1) is 0 Å². The first kappa shape index (κ1) is 20.5. The Hall–Kier alpha value is -4.38. The Morgan fingerprint density at radius 1 is 0.848 bits per heavy atom. The van der Waals surface area contributed by atoms with Crippen LogP contribution >= 0.6 is 0 Å². The smallest absolute Gasteiger partial charge is 0.216 e. The van der Waals surface area contributed by atoms with Gasteiger partial charge >= 0.3 is 0 Å². The van der Waals surface area contributed by atoms with Crippen LogP contribution in [0.1, 0.15) is 5.69 Å². The molecular formula is C28H24N4O. The number of fused-ring (bicyclic) bond motifs is 1. The van der Waals surface area contributed by atoms with Crippen LogP contribution in [0.25, 0.3) is 16.6 Å². The lowest BCUT2D eigenvalue weighted by atomic mass is 10.1. The highest BCUT2D eigenvalue weighted by Crippen LogP contribution is 2.35. The number of rotatable bonds is 5. The first-order valence-electron chi connectivity index (χ1n) is 10.8. The zero-order valence-electron chi connectivity index (χ0n) is 18.6. The van der Waals surface area contributed by atoms with Crippen molar-refractivity contribution in [1.29, 1.82) is 0 Å². The molecule has 0 amide bonds. The van der Waals surface area contributed by atoms with Gasteiger partial charge in [-0.1, -0.05) is 54.6 Å². The molecule has 0 atom stereocenters. The predicted molar refractivity (Wildman–Crippen MR) is 136 cm³/mol. The minimum absolute atomic E-state index is 0.0746. The zero-order chi connectivity index (χ0) is 22.8. The summed E-state index contributed by atoms with van der Waals surface area (Å²) in [5.74, 6) is 0.696. The number of nitrogens with zero attached hydrogens (tertiary/aromatic N) is 3. The van der Waals surface area contributed by atoms with Gasteiger partial charge < -0.3 is 10.2 Å². The highest BCUT2D eigenvalue weighted by Gasteiger charge is 2.22. The fourth-order valence-electron chi connectivity index (χ4n) is 4.08. The molecule has 0 spiro atoms. The van der Waals surface area contributed by atoms with Gasteiger partial charge in [-0.05, 0) is 49.4 Å². The lowest BCUT2D eigenvalue weighted by Gasteiger charge is -2.27. The normalized spacial score (nSPS) is 10.8. The van der Waals surface area contributed by atoms with E-state index in [4.69, 9.17) is 0 Å². The summed E-state index contributed by atoms with van der Waals surface area (Å²) in [6.45, 7) is 1.94. The topological polar surface area (TPSA) is 50.2 Å². The molecule has 0 aliphatic carbocycles. The Kier molecular flexibility index (Phi) is 5.37. The van der Waals surface area contributed by atoms with E-state index in [9.17, 15) is 4.79 Å². The third kappa shape index (κ3) is 3.85. The van der Waals surface area contributed by atoms with Gasteiger partial charge in [-0.3, -0.25) is 14.3 Å². The minimum atomic E-state index is -0.0746. The van der Waals surface area contributed by atoms with Gasteiger partial charge in [0.2, 0.25) is 5.43 Å². The number of benzene rings is 3. The third-order valence-electron chi connectivity index (χ3n) is 5.70. The van der Waals surface area contributed by atoms with Crippen molar-refractivity contribution in [2.45, 2.75) is 6.92 Å². The molecule has 0 bridgehead atoms. The van der Waals surface area contributed by atoms with Crippen LogP contribution in [0.5, 0.6) is 0 Å². The summed E-state index contributed by atoms with van der Waals surface area (Å²) in [6.07, 6.45) is 1.68. The van der Waals surface area contributed by atoms with E-state index in [2.05, 4.69) is 14.9 Å². The third-order valence-corrected chi connectivity index (χ3v) is 5.70. The quantitative estimate of drug-likeness (QED) is 0.359. The predicted octanol–water partition coefficient (Wildman–Crippen LogP) is 6.21. The average Bonchev–Trinajstić information content (AvgIpc) is 2.86. The Morgan fingerprint density at radius 3 is 2.12 bits per heavy atom. The van der Waals surface area contributed by atoms with Crippen molar-refractivity contribution in [2.75, 3.05) is 17.3 Å². The Labute approximate surface area is 192 Å². The number of hydrogen-bond acceptors (Lipinski definition) is 4. The highest BCUT2D eigenvalue weighted by molar-refractivity contribution is 5.92. The molecule has 5 nitrogen and oxygen atoms in total. The zero-order valence-corrected chi connectivity index (χ0v) is 18.6. The van der Waals surface area contributed by atoms with Crippen LogP contribution in [0.3, 0.4) is 0 Å². The molecule has 33 heavy (non-hydrogen) atoms. The molecular weight excluding hydrogens is 408 g/mol. The summed E-state index contributed by atoms with van der Waals surface area (Å²) in [5.41, 5.74) is 4.90. The number of para-hydroxylation sites is 3. The van der Waals surface area contributed by atoms with Crippen LogP contribution in [0.15, 0.2) is 108 Å². The second kappa shape index (κ2) is 8.63. The fraction of sp³-hybridized carbons (Fsp3) is 0.0714. The molecule has 162 valence electrons. The molecule has 0 fully saturated rings. The lowest BCUT2D eigenvalue weighted by molar-refractivity contribution is 1.06. The van der Waals surface area contributed by atoms with Crippen LogP contribution < -0.4 is 15.6 Å². The van der Waals surface area contributed by atoms with E-state index in [-0.39, 0.29) is 5.43 Å². The van der Waals surface area contributed by atoms with E-state index in [1.54, 1.807) is 6.20 Å². The number of hydrogen-bond donors (Lipinski definition) is 1. The van der Waals surface area contributed by atoms with Crippen LogP contribution in [0, 0.1) is 6.92 Å². The molecule has 2 heterocycles. The highest BCUT2D eigenvalue weighted by atomic mass is 16.1.